The van der Waals surface area contributed by atoms with Gasteiger partial charge >= 0.3 is 5.97 Å². The van der Waals surface area contributed by atoms with Crippen molar-refractivity contribution in [1.29, 1.82) is 5.26 Å². The lowest BCUT2D eigenvalue weighted by atomic mass is 9.97. The summed E-state index contributed by atoms with van der Waals surface area (Å²) in [6, 6.07) is 4.41. The van der Waals surface area contributed by atoms with E-state index in [1.165, 1.54) is 12.1 Å². The zero-order valence-electron chi connectivity index (χ0n) is 10.5. The summed E-state index contributed by atoms with van der Waals surface area (Å²) in [6.07, 6.45) is -2.89. The number of hydrogen-bond donors (Lipinski definition) is 1. The first-order valence-corrected chi connectivity index (χ1v) is 5.73. The number of nitriles is 1. The molecule has 0 aliphatic carbocycles. The highest BCUT2D eigenvalue weighted by Gasteiger charge is 2.18. The van der Waals surface area contributed by atoms with Crippen LogP contribution < -0.4 is 5.73 Å². The number of nitrogens with two attached hydrogens (primary N) is 1. The van der Waals surface area contributed by atoms with E-state index < -0.39 is 12.4 Å². The molecule has 0 heterocycles. The van der Waals surface area contributed by atoms with Crippen LogP contribution >= 0.6 is 0 Å². The van der Waals surface area contributed by atoms with Crippen molar-refractivity contribution >= 4 is 5.97 Å². The molecule has 0 fully saturated rings. The van der Waals surface area contributed by atoms with Crippen molar-refractivity contribution in [2.75, 3.05) is 6.61 Å². The SMILES string of the molecule is CCOC(=O)Cc1cc(C#N)c(CN)c(C(F)F)c1. The highest BCUT2D eigenvalue weighted by Crippen LogP contribution is 2.27. The Morgan fingerprint density at radius 1 is 1.53 bits per heavy atom. The fraction of sp³-hybridized carbons (Fsp3) is 0.385. The molecule has 2 N–H and O–H groups in total. The number of rotatable bonds is 5. The molecular weight excluding hydrogens is 254 g/mol. The van der Waals surface area contributed by atoms with E-state index in [1.807, 2.05) is 6.07 Å². The highest BCUT2D eigenvalue weighted by atomic mass is 19.3. The van der Waals surface area contributed by atoms with Gasteiger partial charge in [0.2, 0.25) is 0 Å². The van der Waals surface area contributed by atoms with Gasteiger partial charge in [-0.15, -0.1) is 0 Å². The second-order valence-corrected chi connectivity index (χ2v) is 3.81. The van der Waals surface area contributed by atoms with E-state index in [0.29, 0.717) is 5.56 Å². The standard InChI is InChI=1S/C13H14F2N2O2/c1-2-19-12(18)5-8-3-9(6-16)11(7-17)10(4-8)13(14)15/h3-4,13H,2,5,7,17H2,1H3. The summed E-state index contributed by atoms with van der Waals surface area (Å²) >= 11 is 0. The number of hydrogen-bond acceptors (Lipinski definition) is 4. The third-order valence-corrected chi connectivity index (χ3v) is 2.56. The topological polar surface area (TPSA) is 76.1 Å². The molecule has 1 aromatic carbocycles. The zero-order valence-corrected chi connectivity index (χ0v) is 10.5. The Balaban J connectivity index is 3.18. The molecule has 0 amide bonds. The van der Waals surface area contributed by atoms with E-state index in [0.717, 1.165) is 0 Å². The van der Waals surface area contributed by atoms with Gasteiger partial charge in [0.25, 0.3) is 6.43 Å². The number of nitrogens with zero attached hydrogens (tertiary/aromatic N) is 1. The van der Waals surface area contributed by atoms with E-state index in [1.54, 1.807) is 6.92 Å². The molecule has 1 rings (SSSR count). The summed E-state index contributed by atoms with van der Waals surface area (Å²) in [6.45, 7) is 1.72. The smallest absolute Gasteiger partial charge is 0.310 e. The molecule has 0 aliphatic rings. The number of carbonyl (C=O) groups excluding carboxylic acids is 1. The molecule has 0 bridgehead atoms. The van der Waals surface area contributed by atoms with Crippen LogP contribution in [0, 0.1) is 11.3 Å². The van der Waals surface area contributed by atoms with Gasteiger partial charge in [-0.2, -0.15) is 5.26 Å². The minimum Gasteiger partial charge on any atom is -0.466 e. The van der Waals surface area contributed by atoms with Gasteiger partial charge in [0.1, 0.15) is 0 Å². The predicted molar refractivity (Wildman–Crippen MR) is 64.3 cm³/mol. The minimum absolute atomic E-state index is 0.0691. The molecule has 0 saturated carbocycles. The molecule has 0 aromatic heterocycles. The van der Waals surface area contributed by atoms with Crippen LogP contribution in [0.1, 0.15) is 35.6 Å². The van der Waals surface area contributed by atoms with Crippen molar-refractivity contribution in [3.63, 3.8) is 0 Å². The van der Waals surface area contributed by atoms with E-state index in [9.17, 15) is 13.6 Å². The van der Waals surface area contributed by atoms with Gasteiger partial charge in [0.05, 0.1) is 24.7 Å². The molecule has 0 atom stereocenters. The number of benzene rings is 1. The average Bonchev–Trinajstić information content (AvgIpc) is 2.37. The summed E-state index contributed by atoms with van der Waals surface area (Å²) in [5.41, 5.74) is 5.59. The van der Waals surface area contributed by atoms with E-state index >= 15 is 0 Å². The fourth-order valence-corrected chi connectivity index (χ4v) is 1.76. The van der Waals surface area contributed by atoms with Crippen LogP contribution in [0.3, 0.4) is 0 Å². The van der Waals surface area contributed by atoms with Crippen LogP contribution in [-0.2, 0) is 22.5 Å². The maximum Gasteiger partial charge on any atom is 0.310 e. The summed E-state index contributed by atoms with van der Waals surface area (Å²) in [5.74, 6) is -0.521. The van der Waals surface area contributed by atoms with Gasteiger partial charge in [-0.3, -0.25) is 4.79 Å². The molecule has 0 aliphatic heterocycles. The van der Waals surface area contributed by atoms with E-state index in [2.05, 4.69) is 0 Å². The Morgan fingerprint density at radius 3 is 2.68 bits per heavy atom. The Hall–Kier alpha value is -2.00. The average molecular weight is 268 g/mol. The maximum atomic E-state index is 12.9. The van der Waals surface area contributed by atoms with Crippen molar-refractivity contribution in [3.8, 4) is 6.07 Å². The molecule has 0 unspecified atom stereocenters. The fourth-order valence-electron chi connectivity index (χ4n) is 1.76. The lowest BCUT2D eigenvalue weighted by Gasteiger charge is -2.11. The monoisotopic (exact) mass is 268 g/mol. The summed E-state index contributed by atoms with van der Waals surface area (Å²) < 4.78 is 30.6. The first kappa shape index (κ1) is 15.1. The second kappa shape index (κ2) is 6.81. The van der Waals surface area contributed by atoms with Gasteiger partial charge in [-0.05, 0) is 30.2 Å². The van der Waals surface area contributed by atoms with Gasteiger partial charge in [-0.1, -0.05) is 0 Å². The largest absolute Gasteiger partial charge is 0.466 e. The Morgan fingerprint density at radius 2 is 2.21 bits per heavy atom. The van der Waals surface area contributed by atoms with Crippen LogP contribution in [0.25, 0.3) is 0 Å². The number of halogens is 2. The second-order valence-electron chi connectivity index (χ2n) is 3.81. The Labute approximate surface area is 109 Å². The van der Waals surface area contributed by atoms with Crippen LogP contribution in [0.2, 0.25) is 0 Å². The minimum atomic E-state index is -2.74. The lowest BCUT2D eigenvalue weighted by Crippen LogP contribution is -2.11. The van der Waals surface area contributed by atoms with Crippen LogP contribution in [0.4, 0.5) is 8.78 Å². The van der Waals surface area contributed by atoms with Crippen molar-refractivity contribution in [3.05, 3.63) is 34.4 Å². The van der Waals surface area contributed by atoms with Crippen molar-refractivity contribution in [1.82, 2.24) is 0 Å². The molecule has 6 heteroatoms. The summed E-state index contributed by atoms with van der Waals surface area (Å²) in [5, 5.41) is 8.95. The summed E-state index contributed by atoms with van der Waals surface area (Å²) in [4.78, 5) is 11.3. The van der Waals surface area contributed by atoms with E-state index in [-0.39, 0.29) is 36.3 Å². The van der Waals surface area contributed by atoms with Crippen LogP contribution in [0.15, 0.2) is 12.1 Å². The third-order valence-electron chi connectivity index (χ3n) is 2.56. The number of alkyl halides is 2. The molecule has 0 radical (unpaired) electrons. The van der Waals surface area contributed by atoms with Gasteiger partial charge in [0.15, 0.2) is 0 Å². The molecule has 19 heavy (non-hydrogen) atoms. The normalized spacial score (nSPS) is 10.3. The van der Waals surface area contributed by atoms with Gasteiger partial charge < -0.3 is 10.5 Å². The highest BCUT2D eigenvalue weighted by molar-refractivity contribution is 5.73. The molecule has 0 saturated heterocycles. The van der Waals surface area contributed by atoms with Crippen molar-refractivity contribution in [2.24, 2.45) is 5.73 Å². The number of ether oxygens (including phenoxy) is 1. The Kier molecular flexibility index (Phi) is 5.39. The molecule has 1 aromatic rings. The first-order valence-electron chi connectivity index (χ1n) is 5.73. The van der Waals surface area contributed by atoms with Gasteiger partial charge in [0, 0.05) is 12.1 Å². The first-order chi connectivity index (χ1) is 9.03. The lowest BCUT2D eigenvalue weighted by molar-refractivity contribution is -0.142. The van der Waals surface area contributed by atoms with Crippen molar-refractivity contribution in [2.45, 2.75) is 26.3 Å². The van der Waals surface area contributed by atoms with Gasteiger partial charge in [-0.25, -0.2) is 8.78 Å². The van der Waals surface area contributed by atoms with Crippen LogP contribution in [-0.4, -0.2) is 12.6 Å². The van der Waals surface area contributed by atoms with Crippen molar-refractivity contribution < 1.29 is 18.3 Å². The maximum absolute atomic E-state index is 12.9. The Bertz CT molecular complexity index is 510. The van der Waals surface area contributed by atoms with E-state index in [4.69, 9.17) is 15.7 Å². The predicted octanol–water partition coefficient (Wildman–Crippen LogP) is 2.06. The quantitative estimate of drug-likeness (QED) is 0.829. The number of carbonyl (C=O) groups is 1. The number of esters is 1. The summed E-state index contributed by atoms with van der Waals surface area (Å²) in [7, 11) is 0. The zero-order chi connectivity index (χ0) is 14.4. The third kappa shape index (κ3) is 3.73. The molecule has 0 spiro atoms. The molecule has 4 nitrogen and oxygen atoms in total. The molecule has 102 valence electrons. The van der Waals surface area contributed by atoms with Crippen LogP contribution in [0.5, 0.6) is 0 Å². The molecular formula is C13H14F2N2O2.